The minimum atomic E-state index is -1.14. The van der Waals surface area contributed by atoms with E-state index in [2.05, 4.69) is 16.0 Å². The smallest absolute Gasteiger partial charge is 0.326 e. The molecule has 0 saturated carbocycles. The minimum absolute atomic E-state index is 0.00363. The summed E-state index contributed by atoms with van der Waals surface area (Å²) in [4.78, 5) is 68.6. The van der Waals surface area contributed by atoms with Crippen LogP contribution in [0.3, 0.4) is 0 Å². The van der Waals surface area contributed by atoms with Crippen LogP contribution < -0.4 is 16.0 Å². The van der Waals surface area contributed by atoms with E-state index >= 15 is 0 Å². The van der Waals surface area contributed by atoms with Gasteiger partial charge in [-0.15, -0.1) is 0 Å². The summed E-state index contributed by atoms with van der Waals surface area (Å²) in [5.74, 6) is -3.08. The summed E-state index contributed by atoms with van der Waals surface area (Å²) in [7, 11) is 6.38. The second kappa shape index (κ2) is 20.2. The van der Waals surface area contributed by atoms with Crippen molar-refractivity contribution in [2.24, 2.45) is 17.8 Å². The fourth-order valence-electron chi connectivity index (χ4n) is 6.84. The van der Waals surface area contributed by atoms with E-state index in [1.165, 1.54) is 14.2 Å². The van der Waals surface area contributed by atoms with Crippen LogP contribution in [-0.2, 0) is 39.9 Å². The highest BCUT2D eigenvalue weighted by Crippen LogP contribution is 2.29. The van der Waals surface area contributed by atoms with Crippen molar-refractivity contribution in [2.75, 3.05) is 41.4 Å². The fourth-order valence-corrected chi connectivity index (χ4v) is 6.84. The molecule has 4 amide bonds. The summed E-state index contributed by atoms with van der Waals surface area (Å²) in [6, 6.07) is 6.67. The number of amides is 4. The van der Waals surface area contributed by atoms with Crippen molar-refractivity contribution in [3.63, 3.8) is 0 Å². The molecule has 1 aliphatic rings. The Bertz CT molecular complexity index is 1230. The second-order valence-corrected chi connectivity index (χ2v) is 13.5. The van der Waals surface area contributed by atoms with Crippen LogP contribution >= 0.6 is 0 Å². The van der Waals surface area contributed by atoms with E-state index in [4.69, 9.17) is 9.47 Å². The summed E-state index contributed by atoms with van der Waals surface area (Å²) in [5.41, 5.74) is 0.785. The molecule has 1 aromatic carbocycles. The number of likely N-dealkylation sites (tertiary alicyclic amines) is 1. The van der Waals surface area contributed by atoms with Crippen LogP contribution in [-0.4, -0.2) is 122 Å². The lowest BCUT2D eigenvalue weighted by Crippen LogP contribution is -2.55. The van der Waals surface area contributed by atoms with Gasteiger partial charge in [-0.05, 0) is 37.3 Å². The van der Waals surface area contributed by atoms with E-state index in [1.54, 1.807) is 30.8 Å². The van der Waals surface area contributed by atoms with E-state index < -0.39 is 54.2 Å². The summed E-state index contributed by atoms with van der Waals surface area (Å²) in [6.07, 6.45) is 0.872. The highest BCUT2D eigenvalue weighted by molar-refractivity contribution is 5.88. The maximum Gasteiger partial charge on any atom is 0.326 e. The molecule has 0 radical (unpaired) electrons. The zero-order chi connectivity index (χ0) is 36.8. The molecule has 49 heavy (non-hydrogen) atoms. The number of benzene rings is 1. The van der Waals surface area contributed by atoms with Gasteiger partial charge in [-0.25, -0.2) is 4.79 Å². The number of nitrogens with one attached hydrogen (secondary N) is 3. The summed E-state index contributed by atoms with van der Waals surface area (Å²) in [5, 5.41) is 18.2. The van der Waals surface area contributed by atoms with Crippen molar-refractivity contribution < 1.29 is 38.6 Å². The lowest BCUT2D eigenvalue weighted by molar-refractivity contribution is -0.147. The molecule has 13 heteroatoms. The number of rotatable bonds is 20. The molecule has 0 bridgehead atoms. The van der Waals surface area contributed by atoms with Gasteiger partial charge in [-0.3, -0.25) is 19.2 Å². The first-order valence-corrected chi connectivity index (χ1v) is 17.3. The largest absolute Gasteiger partial charge is 0.480 e. The molecule has 0 spiro atoms. The number of likely N-dealkylation sites (N-methyl/N-ethyl adjacent to an activating group) is 2. The quantitative estimate of drug-likeness (QED) is 0.160. The van der Waals surface area contributed by atoms with E-state index in [9.17, 15) is 29.1 Å². The van der Waals surface area contributed by atoms with Crippen molar-refractivity contribution in [3.8, 4) is 0 Å². The maximum absolute atomic E-state index is 13.9. The number of aliphatic carboxylic acids is 1. The third-order valence-corrected chi connectivity index (χ3v) is 9.88. The Labute approximate surface area is 291 Å². The van der Waals surface area contributed by atoms with Gasteiger partial charge in [-0.2, -0.15) is 0 Å². The van der Waals surface area contributed by atoms with E-state index in [-0.39, 0.29) is 48.9 Å². The predicted molar refractivity (Wildman–Crippen MR) is 187 cm³/mol. The Morgan fingerprint density at radius 2 is 1.67 bits per heavy atom. The topological polar surface area (TPSA) is 167 Å². The van der Waals surface area contributed by atoms with Crippen LogP contribution in [0.25, 0.3) is 0 Å². The van der Waals surface area contributed by atoms with Gasteiger partial charge in [0, 0.05) is 34.2 Å². The molecule has 4 N–H and O–H groups in total. The van der Waals surface area contributed by atoms with Gasteiger partial charge in [-0.1, -0.05) is 71.4 Å². The summed E-state index contributed by atoms with van der Waals surface area (Å²) >= 11 is 0. The molecule has 8 atom stereocenters. The Morgan fingerprint density at radius 1 is 1.02 bits per heavy atom. The molecule has 1 fully saturated rings. The molecule has 2 rings (SSSR count). The van der Waals surface area contributed by atoms with Gasteiger partial charge in [0.15, 0.2) is 0 Å². The molecule has 0 aliphatic carbocycles. The number of hydrogen-bond donors (Lipinski definition) is 4. The van der Waals surface area contributed by atoms with Crippen LogP contribution in [0.1, 0.15) is 65.9 Å². The number of hydrogen-bond acceptors (Lipinski definition) is 8. The first kappa shape index (κ1) is 41.6. The van der Waals surface area contributed by atoms with Crippen molar-refractivity contribution in [1.82, 2.24) is 25.8 Å². The molecule has 0 aromatic heterocycles. The summed E-state index contributed by atoms with van der Waals surface area (Å²) < 4.78 is 11.7. The molecule has 276 valence electrons. The monoisotopic (exact) mass is 689 g/mol. The molecule has 1 aromatic rings. The number of carboxylic acids is 1. The second-order valence-electron chi connectivity index (χ2n) is 13.5. The molecular weight excluding hydrogens is 630 g/mol. The summed E-state index contributed by atoms with van der Waals surface area (Å²) in [6.45, 7) is 9.82. The number of methoxy groups -OCH3 is 2. The number of carbonyl (C=O) groups is 5. The van der Waals surface area contributed by atoms with Gasteiger partial charge >= 0.3 is 5.97 Å². The van der Waals surface area contributed by atoms with Crippen LogP contribution in [0, 0.1) is 17.8 Å². The van der Waals surface area contributed by atoms with Crippen LogP contribution in [0.5, 0.6) is 0 Å². The standard InChI is InChI=1S/C36H59N5O8/c1-10-23(4)32(40(7)30(43)21-38-35(45)31(37-6)22(2)3)28(48-8)20-29(42)41-18-14-17-27(41)33(49-9)24(5)34(44)39-26(36(46)47)19-25-15-12-11-13-16-25/h11-13,15-16,22-24,26-28,31-33,37H,10,14,17-21H2,1-9H3,(H,38,45)(H,39,44)(H,46,47)/t23?,24?,26-,27?,28?,31?,32?,33+/m0/s1. The Balaban J connectivity index is 2.17. The number of carbonyl (C=O) groups excluding carboxylic acids is 4. The normalized spacial score (nSPS) is 18.9. The van der Waals surface area contributed by atoms with Crippen LogP contribution in [0.15, 0.2) is 30.3 Å². The number of ether oxygens (including phenoxy) is 2. The number of nitrogens with zero attached hydrogens (tertiary/aromatic N) is 2. The van der Waals surface area contributed by atoms with E-state index in [0.717, 1.165) is 12.0 Å². The maximum atomic E-state index is 13.9. The Hall–Kier alpha value is -3.55. The average Bonchev–Trinajstić information content (AvgIpc) is 3.56. The van der Waals surface area contributed by atoms with Crippen molar-refractivity contribution in [1.29, 1.82) is 0 Å². The average molecular weight is 690 g/mol. The molecule has 1 aliphatic heterocycles. The zero-order valence-corrected chi connectivity index (χ0v) is 30.7. The lowest BCUT2D eigenvalue weighted by Gasteiger charge is -2.39. The van der Waals surface area contributed by atoms with Crippen molar-refractivity contribution in [2.45, 2.75) is 103 Å². The highest BCUT2D eigenvalue weighted by Gasteiger charge is 2.42. The molecule has 6 unspecified atom stereocenters. The zero-order valence-electron chi connectivity index (χ0n) is 30.7. The third-order valence-electron chi connectivity index (χ3n) is 9.88. The first-order valence-electron chi connectivity index (χ1n) is 17.3. The van der Waals surface area contributed by atoms with Gasteiger partial charge in [0.05, 0.1) is 49.2 Å². The molecule has 1 heterocycles. The Morgan fingerprint density at radius 3 is 2.20 bits per heavy atom. The Kier molecular flexibility index (Phi) is 17.2. The van der Waals surface area contributed by atoms with Gasteiger partial charge < -0.3 is 40.3 Å². The number of carboxylic acid groups (broad SMARTS) is 1. The van der Waals surface area contributed by atoms with Crippen molar-refractivity contribution in [3.05, 3.63) is 35.9 Å². The first-order chi connectivity index (χ1) is 23.2. The predicted octanol–water partition coefficient (Wildman–Crippen LogP) is 2.08. The van der Waals surface area contributed by atoms with E-state index in [0.29, 0.717) is 19.4 Å². The fraction of sp³-hybridized carbons (Fsp3) is 0.694. The van der Waals surface area contributed by atoms with E-state index in [1.807, 2.05) is 58.0 Å². The van der Waals surface area contributed by atoms with Gasteiger partial charge in [0.2, 0.25) is 23.6 Å². The SMILES string of the molecule is CCC(C)C(C(CC(=O)N1CCCC1[C@H](OC)C(C)C(=O)N[C@@H](Cc1ccccc1)C(=O)O)OC)N(C)C(=O)CNC(=O)C(NC)C(C)C. The highest BCUT2D eigenvalue weighted by atomic mass is 16.5. The molecule has 13 nitrogen and oxygen atoms in total. The molecule has 1 saturated heterocycles. The lowest BCUT2D eigenvalue weighted by atomic mass is 9.90. The minimum Gasteiger partial charge on any atom is -0.480 e. The molecular formula is C36H59N5O8. The third kappa shape index (κ3) is 11.5. The van der Waals surface area contributed by atoms with Crippen LogP contribution in [0.4, 0.5) is 0 Å². The van der Waals surface area contributed by atoms with Crippen molar-refractivity contribution >= 4 is 29.6 Å². The van der Waals surface area contributed by atoms with Gasteiger partial charge in [0.25, 0.3) is 0 Å². The van der Waals surface area contributed by atoms with Gasteiger partial charge in [0.1, 0.15) is 6.04 Å². The van der Waals surface area contributed by atoms with Crippen LogP contribution in [0.2, 0.25) is 0 Å².